The molecule has 1 aromatic heterocycles. The molecule has 0 bridgehead atoms. The molecule has 3 N–H and O–H groups in total. The monoisotopic (exact) mass is 326 g/mol. The summed E-state index contributed by atoms with van der Waals surface area (Å²) in [5.41, 5.74) is 6.81. The Morgan fingerprint density at radius 3 is 2.57 bits per heavy atom. The number of benzene rings is 1. The third-order valence-electron chi connectivity index (χ3n) is 2.72. The lowest BCUT2D eigenvalue weighted by molar-refractivity contribution is 0.600. The van der Waals surface area contributed by atoms with Crippen LogP contribution in [0.4, 0.5) is 11.6 Å². The van der Waals surface area contributed by atoms with Gasteiger partial charge in [0.25, 0.3) is 10.0 Å². The van der Waals surface area contributed by atoms with Gasteiger partial charge in [0.15, 0.2) is 0 Å². The summed E-state index contributed by atoms with van der Waals surface area (Å²) in [7, 11) is -3.72. The second-order valence-corrected chi connectivity index (χ2v) is 5.87. The highest BCUT2D eigenvalue weighted by Crippen LogP contribution is 2.17. The summed E-state index contributed by atoms with van der Waals surface area (Å²) in [4.78, 5) is 4.13. The van der Waals surface area contributed by atoms with Crippen LogP contribution in [0.1, 0.15) is 5.69 Å². The van der Waals surface area contributed by atoms with E-state index in [-0.39, 0.29) is 29.8 Å². The van der Waals surface area contributed by atoms with Gasteiger partial charge >= 0.3 is 0 Å². The Balaban J connectivity index is 0.00000220. The van der Waals surface area contributed by atoms with Crippen LogP contribution in [0.15, 0.2) is 35.4 Å². The third-order valence-corrected chi connectivity index (χ3v) is 4.06. The summed E-state index contributed by atoms with van der Waals surface area (Å²) in [6.45, 7) is 2.04. The van der Waals surface area contributed by atoms with Gasteiger partial charge < -0.3 is 10.3 Å². The number of hydrogen-bond donors (Lipinski definition) is 2. The number of sulfonamides is 1. The van der Waals surface area contributed by atoms with E-state index < -0.39 is 10.0 Å². The van der Waals surface area contributed by atoms with E-state index in [0.29, 0.717) is 5.69 Å². The minimum Gasteiger partial charge on any atom is -0.399 e. The maximum Gasteiger partial charge on any atom is 0.264 e. The molecule has 0 fully saturated rings. The second kappa shape index (κ2) is 6.52. The Labute approximate surface area is 129 Å². The van der Waals surface area contributed by atoms with Crippen molar-refractivity contribution in [3.63, 3.8) is 0 Å². The number of nitrogens with zero attached hydrogens (tertiary/aromatic N) is 2. The van der Waals surface area contributed by atoms with Gasteiger partial charge in [-0.05, 0) is 31.2 Å². The first kappa shape index (κ1) is 16.9. The first-order valence-electron chi connectivity index (χ1n) is 5.78. The van der Waals surface area contributed by atoms with Gasteiger partial charge in [0.1, 0.15) is 0 Å². The molecular weight excluding hydrogens is 312 g/mol. The number of hydrogen-bond acceptors (Lipinski definition) is 4. The molecule has 0 saturated heterocycles. The fraction of sp³-hybridized carbons (Fsp3) is 0.154. The summed E-state index contributed by atoms with van der Waals surface area (Å²) in [6, 6.07) is 5.90. The van der Waals surface area contributed by atoms with Gasteiger partial charge in [-0.25, -0.2) is 18.1 Å². The average molecular weight is 327 g/mol. The van der Waals surface area contributed by atoms with Gasteiger partial charge in [-0.15, -0.1) is 18.8 Å². The minimum atomic E-state index is -3.72. The molecule has 0 radical (unpaired) electrons. The molecule has 0 aliphatic rings. The van der Waals surface area contributed by atoms with E-state index in [1.165, 1.54) is 24.3 Å². The highest BCUT2D eigenvalue weighted by molar-refractivity contribution is 7.92. The Morgan fingerprint density at radius 1 is 1.38 bits per heavy atom. The van der Waals surface area contributed by atoms with Gasteiger partial charge in [-0.3, -0.25) is 0 Å². The molecule has 0 aliphatic carbocycles. The zero-order chi connectivity index (χ0) is 14.8. The Morgan fingerprint density at radius 2 is 2.00 bits per heavy atom. The standard InChI is InChI=1S/C13H14N4O2S.ClH/c1-3-8-17-10(2)9-15-13(17)16-20(18,19)12-6-4-11(14)5-7-12;/h1,4-7,9H,8,14H2,2H3,(H,15,16);1H. The van der Waals surface area contributed by atoms with Crippen LogP contribution < -0.4 is 10.5 Å². The first-order valence-corrected chi connectivity index (χ1v) is 7.26. The molecule has 0 saturated carbocycles. The van der Waals surface area contributed by atoms with Crippen molar-refractivity contribution < 1.29 is 8.42 Å². The van der Waals surface area contributed by atoms with Crippen LogP contribution in [-0.4, -0.2) is 18.0 Å². The lowest BCUT2D eigenvalue weighted by Gasteiger charge is -2.10. The number of aryl methyl sites for hydroxylation is 1. The van der Waals surface area contributed by atoms with Crippen molar-refractivity contribution in [1.29, 1.82) is 0 Å². The molecule has 0 unspecified atom stereocenters. The molecule has 1 aromatic carbocycles. The highest BCUT2D eigenvalue weighted by atomic mass is 35.5. The molecule has 0 atom stereocenters. The maximum absolute atomic E-state index is 12.2. The molecule has 112 valence electrons. The lowest BCUT2D eigenvalue weighted by atomic mass is 10.3. The Bertz CT molecular complexity index is 760. The van der Waals surface area contributed by atoms with E-state index in [9.17, 15) is 8.42 Å². The summed E-state index contributed by atoms with van der Waals surface area (Å²) in [5, 5.41) is 0. The maximum atomic E-state index is 12.2. The van der Waals surface area contributed by atoms with E-state index in [1.54, 1.807) is 17.7 Å². The number of aromatic nitrogens is 2. The average Bonchev–Trinajstić information content (AvgIpc) is 2.72. The molecule has 0 amide bonds. The zero-order valence-electron chi connectivity index (χ0n) is 11.3. The zero-order valence-corrected chi connectivity index (χ0v) is 12.9. The van der Waals surface area contributed by atoms with E-state index >= 15 is 0 Å². The van der Waals surface area contributed by atoms with E-state index in [1.807, 2.05) is 0 Å². The number of imidazole rings is 1. The smallest absolute Gasteiger partial charge is 0.264 e. The molecule has 6 nitrogen and oxygen atoms in total. The normalized spacial score (nSPS) is 10.5. The summed E-state index contributed by atoms with van der Waals surface area (Å²) in [5.74, 6) is 2.65. The highest BCUT2D eigenvalue weighted by Gasteiger charge is 2.17. The molecule has 2 rings (SSSR count). The predicted octanol–water partition coefficient (Wildman–Crippen LogP) is 1.63. The van der Waals surface area contributed by atoms with Gasteiger partial charge in [-0.2, -0.15) is 0 Å². The largest absolute Gasteiger partial charge is 0.399 e. The Kier molecular flexibility index (Phi) is 5.24. The third kappa shape index (κ3) is 3.68. The number of nitrogens with two attached hydrogens (primary N) is 1. The van der Waals surface area contributed by atoms with Gasteiger partial charge in [0, 0.05) is 11.4 Å². The molecule has 0 spiro atoms. The van der Waals surface area contributed by atoms with Crippen molar-refractivity contribution in [3.05, 3.63) is 36.2 Å². The quantitative estimate of drug-likeness (QED) is 0.660. The fourth-order valence-corrected chi connectivity index (χ4v) is 2.67. The lowest BCUT2D eigenvalue weighted by Crippen LogP contribution is -2.17. The predicted molar refractivity (Wildman–Crippen MR) is 84.7 cm³/mol. The molecule has 0 aliphatic heterocycles. The van der Waals surface area contributed by atoms with Crippen molar-refractivity contribution in [2.45, 2.75) is 18.4 Å². The van der Waals surface area contributed by atoms with Crippen molar-refractivity contribution in [2.24, 2.45) is 0 Å². The van der Waals surface area contributed by atoms with Crippen molar-refractivity contribution >= 4 is 34.1 Å². The number of anilines is 2. The number of nitrogen functional groups attached to an aromatic ring is 1. The van der Waals surface area contributed by atoms with E-state index in [2.05, 4.69) is 15.6 Å². The molecule has 21 heavy (non-hydrogen) atoms. The molecule has 8 heteroatoms. The first-order chi connectivity index (χ1) is 9.44. The van der Waals surface area contributed by atoms with Crippen LogP contribution in [-0.2, 0) is 16.6 Å². The van der Waals surface area contributed by atoms with Crippen molar-refractivity contribution in [1.82, 2.24) is 9.55 Å². The second-order valence-electron chi connectivity index (χ2n) is 4.19. The minimum absolute atomic E-state index is 0. The van der Waals surface area contributed by atoms with Gasteiger partial charge in [0.05, 0.1) is 17.6 Å². The fourth-order valence-electron chi connectivity index (χ4n) is 1.66. The summed E-state index contributed by atoms with van der Waals surface area (Å²) in [6.07, 6.45) is 6.81. The number of nitrogens with one attached hydrogen (secondary N) is 1. The van der Waals surface area contributed by atoms with Gasteiger partial charge in [-0.1, -0.05) is 5.92 Å². The number of halogens is 1. The van der Waals surface area contributed by atoms with Crippen LogP contribution >= 0.6 is 12.4 Å². The Hall–Kier alpha value is -2.17. The van der Waals surface area contributed by atoms with Crippen LogP contribution in [0.3, 0.4) is 0 Å². The number of rotatable bonds is 4. The molecular formula is C13H15ClN4O2S. The van der Waals surface area contributed by atoms with Crippen LogP contribution in [0.5, 0.6) is 0 Å². The molecule has 2 aromatic rings. The van der Waals surface area contributed by atoms with E-state index in [0.717, 1.165) is 5.69 Å². The summed E-state index contributed by atoms with van der Waals surface area (Å²) < 4.78 is 28.5. The van der Waals surface area contributed by atoms with Crippen molar-refractivity contribution in [2.75, 3.05) is 10.5 Å². The van der Waals surface area contributed by atoms with Crippen LogP contribution in [0.2, 0.25) is 0 Å². The molecule has 1 heterocycles. The summed E-state index contributed by atoms with van der Waals surface area (Å²) >= 11 is 0. The topological polar surface area (TPSA) is 90.0 Å². The van der Waals surface area contributed by atoms with Crippen molar-refractivity contribution in [3.8, 4) is 12.3 Å². The van der Waals surface area contributed by atoms with Crippen LogP contribution in [0.25, 0.3) is 0 Å². The van der Waals surface area contributed by atoms with E-state index in [4.69, 9.17) is 12.2 Å². The van der Waals surface area contributed by atoms with Gasteiger partial charge in [0.2, 0.25) is 5.95 Å². The number of terminal acetylenes is 1. The SMILES string of the molecule is C#CCn1c(C)cnc1NS(=O)(=O)c1ccc(N)cc1.Cl. The van der Waals surface area contributed by atoms with Crippen LogP contribution in [0, 0.1) is 19.3 Å².